The van der Waals surface area contributed by atoms with Gasteiger partial charge in [0.25, 0.3) is 11.5 Å². The monoisotopic (exact) mass is 357 g/mol. The average molecular weight is 357 g/mol. The molecule has 0 bridgehead atoms. The number of hydrogen-bond donors (Lipinski definition) is 2. The Morgan fingerprint density at radius 3 is 2.56 bits per heavy atom. The number of benzene rings is 1. The van der Waals surface area contributed by atoms with E-state index in [1.54, 1.807) is 16.2 Å². The number of aromatic nitrogens is 3. The highest BCUT2D eigenvalue weighted by molar-refractivity contribution is 7.22. The Bertz CT molecular complexity index is 984. The van der Waals surface area contributed by atoms with Crippen LogP contribution in [-0.4, -0.2) is 51.9 Å². The lowest BCUT2D eigenvalue weighted by atomic mass is 10.3. The molecule has 4 rings (SSSR count). The minimum Gasteiger partial charge on any atom is -0.345 e. The lowest BCUT2D eigenvalue weighted by molar-refractivity contribution is 0.0740. The quantitative estimate of drug-likeness (QED) is 0.701. The molecule has 0 saturated carbocycles. The predicted molar refractivity (Wildman–Crippen MR) is 95.4 cm³/mol. The molecule has 2 aromatic heterocycles. The molecule has 2 N–H and O–H groups in total. The number of fused-ring (bicyclic) bond motifs is 1. The molecule has 1 fully saturated rings. The summed E-state index contributed by atoms with van der Waals surface area (Å²) in [6.07, 6.45) is 0. The molecule has 1 saturated heterocycles. The highest BCUT2D eigenvalue weighted by Crippen LogP contribution is 2.29. The Labute approximate surface area is 145 Å². The van der Waals surface area contributed by atoms with Crippen LogP contribution in [0.5, 0.6) is 0 Å². The second-order valence-corrected chi connectivity index (χ2v) is 6.75. The summed E-state index contributed by atoms with van der Waals surface area (Å²) in [4.78, 5) is 48.0. The van der Waals surface area contributed by atoms with Crippen LogP contribution < -0.4 is 16.1 Å². The van der Waals surface area contributed by atoms with E-state index in [-0.39, 0.29) is 11.6 Å². The molecule has 1 aromatic carbocycles. The standard InChI is InChI=1S/C16H15N5O3S/c22-13-9-11(17-15(24)19-13)14(23)20-5-7-21(8-6-20)16-18-10-3-1-2-4-12(10)25-16/h1-4,9H,5-8H2,(H2,17,19,22,24). The van der Waals surface area contributed by atoms with Crippen molar-refractivity contribution in [3.05, 3.63) is 56.9 Å². The molecular weight excluding hydrogens is 342 g/mol. The fraction of sp³-hybridized carbons (Fsp3) is 0.250. The molecule has 3 heterocycles. The second-order valence-electron chi connectivity index (χ2n) is 5.74. The van der Waals surface area contributed by atoms with Crippen molar-refractivity contribution in [3.63, 3.8) is 0 Å². The first-order valence-corrected chi connectivity index (χ1v) is 8.65. The Morgan fingerprint density at radius 1 is 1.08 bits per heavy atom. The van der Waals surface area contributed by atoms with Crippen molar-refractivity contribution in [2.75, 3.05) is 31.1 Å². The van der Waals surface area contributed by atoms with Gasteiger partial charge in [-0.05, 0) is 12.1 Å². The summed E-state index contributed by atoms with van der Waals surface area (Å²) in [7, 11) is 0. The van der Waals surface area contributed by atoms with Gasteiger partial charge >= 0.3 is 5.69 Å². The van der Waals surface area contributed by atoms with Gasteiger partial charge in [0.05, 0.1) is 10.2 Å². The number of piperazine rings is 1. The first-order chi connectivity index (χ1) is 12.1. The Morgan fingerprint density at radius 2 is 1.84 bits per heavy atom. The van der Waals surface area contributed by atoms with E-state index >= 15 is 0 Å². The van der Waals surface area contributed by atoms with Gasteiger partial charge in [-0.15, -0.1) is 0 Å². The molecule has 0 unspecified atom stereocenters. The molecule has 0 radical (unpaired) electrons. The fourth-order valence-corrected chi connectivity index (χ4v) is 3.87. The van der Waals surface area contributed by atoms with E-state index in [4.69, 9.17) is 0 Å². The van der Waals surface area contributed by atoms with Crippen LogP contribution in [0.1, 0.15) is 10.5 Å². The Balaban J connectivity index is 1.48. The van der Waals surface area contributed by atoms with Crippen LogP contribution in [0.3, 0.4) is 0 Å². The second kappa shape index (κ2) is 6.17. The van der Waals surface area contributed by atoms with Gasteiger partial charge in [-0.25, -0.2) is 9.78 Å². The number of para-hydroxylation sites is 1. The van der Waals surface area contributed by atoms with Gasteiger partial charge in [0.1, 0.15) is 5.69 Å². The average Bonchev–Trinajstić information content (AvgIpc) is 3.04. The summed E-state index contributed by atoms with van der Waals surface area (Å²) >= 11 is 1.63. The number of H-pyrrole nitrogens is 2. The molecule has 0 aliphatic carbocycles. The Hall–Kier alpha value is -2.94. The zero-order valence-corrected chi connectivity index (χ0v) is 14.0. The number of hydrogen-bond acceptors (Lipinski definition) is 6. The van der Waals surface area contributed by atoms with Crippen molar-refractivity contribution in [2.24, 2.45) is 0 Å². The maximum Gasteiger partial charge on any atom is 0.326 e. The van der Waals surface area contributed by atoms with Gasteiger partial charge in [-0.3, -0.25) is 14.6 Å². The van der Waals surface area contributed by atoms with E-state index < -0.39 is 11.2 Å². The first-order valence-electron chi connectivity index (χ1n) is 7.83. The summed E-state index contributed by atoms with van der Waals surface area (Å²) in [5, 5.41) is 0.942. The van der Waals surface area contributed by atoms with Gasteiger partial charge in [-0.1, -0.05) is 23.5 Å². The fourth-order valence-electron chi connectivity index (χ4n) is 2.85. The maximum absolute atomic E-state index is 12.5. The number of rotatable bonds is 2. The van der Waals surface area contributed by atoms with E-state index in [1.165, 1.54) is 0 Å². The topological polar surface area (TPSA) is 102 Å². The van der Waals surface area contributed by atoms with Crippen LogP contribution in [-0.2, 0) is 0 Å². The van der Waals surface area contributed by atoms with Gasteiger partial charge in [0.2, 0.25) is 0 Å². The van der Waals surface area contributed by atoms with Gasteiger partial charge in [0.15, 0.2) is 5.13 Å². The molecule has 1 aliphatic heterocycles. The van der Waals surface area contributed by atoms with E-state index in [0.29, 0.717) is 26.2 Å². The number of nitrogens with zero attached hydrogens (tertiary/aromatic N) is 3. The van der Waals surface area contributed by atoms with E-state index in [1.807, 2.05) is 24.3 Å². The smallest absolute Gasteiger partial charge is 0.326 e. The van der Waals surface area contributed by atoms with Crippen molar-refractivity contribution >= 4 is 32.6 Å². The number of nitrogens with one attached hydrogen (secondary N) is 2. The lowest BCUT2D eigenvalue weighted by Crippen LogP contribution is -2.49. The van der Waals surface area contributed by atoms with Crippen molar-refractivity contribution in [1.29, 1.82) is 0 Å². The number of anilines is 1. The third-order valence-corrected chi connectivity index (χ3v) is 5.21. The minimum absolute atomic E-state index is 0.0159. The number of thiazole rings is 1. The molecule has 1 aliphatic rings. The molecule has 3 aromatic rings. The summed E-state index contributed by atoms with van der Waals surface area (Å²) in [5.74, 6) is -0.341. The van der Waals surface area contributed by atoms with Crippen molar-refractivity contribution < 1.29 is 4.79 Å². The normalized spacial score (nSPS) is 14.9. The van der Waals surface area contributed by atoms with Crippen LogP contribution in [0.15, 0.2) is 39.9 Å². The van der Waals surface area contributed by atoms with E-state index in [0.717, 1.165) is 21.4 Å². The molecule has 128 valence electrons. The maximum atomic E-state index is 12.5. The third kappa shape index (κ3) is 3.05. The van der Waals surface area contributed by atoms with Crippen LogP contribution in [0, 0.1) is 0 Å². The first kappa shape index (κ1) is 15.6. The number of carbonyl (C=O) groups excluding carboxylic acids is 1. The van der Waals surface area contributed by atoms with Gasteiger partial charge in [0, 0.05) is 32.2 Å². The van der Waals surface area contributed by atoms with Crippen LogP contribution in [0.4, 0.5) is 5.13 Å². The summed E-state index contributed by atoms with van der Waals surface area (Å²) < 4.78 is 1.14. The molecule has 9 heteroatoms. The highest BCUT2D eigenvalue weighted by atomic mass is 32.1. The molecule has 1 amide bonds. The number of carbonyl (C=O) groups is 1. The Kier molecular flexibility index (Phi) is 3.85. The number of aromatic amines is 2. The van der Waals surface area contributed by atoms with Gasteiger partial charge < -0.3 is 14.8 Å². The molecule has 25 heavy (non-hydrogen) atoms. The minimum atomic E-state index is -0.677. The zero-order chi connectivity index (χ0) is 17.4. The lowest BCUT2D eigenvalue weighted by Gasteiger charge is -2.34. The van der Waals surface area contributed by atoms with Crippen LogP contribution >= 0.6 is 11.3 Å². The van der Waals surface area contributed by atoms with Crippen LogP contribution in [0.25, 0.3) is 10.2 Å². The summed E-state index contributed by atoms with van der Waals surface area (Å²) in [5.41, 5.74) is -0.270. The van der Waals surface area contributed by atoms with Gasteiger partial charge in [-0.2, -0.15) is 0 Å². The van der Waals surface area contributed by atoms with E-state index in [2.05, 4.69) is 19.9 Å². The predicted octanol–water partition coefficient (Wildman–Crippen LogP) is 0.635. The van der Waals surface area contributed by atoms with Crippen molar-refractivity contribution in [2.45, 2.75) is 0 Å². The van der Waals surface area contributed by atoms with Crippen molar-refractivity contribution in [1.82, 2.24) is 19.9 Å². The molecule has 8 nitrogen and oxygen atoms in total. The van der Waals surface area contributed by atoms with Crippen molar-refractivity contribution in [3.8, 4) is 0 Å². The molecule has 0 atom stereocenters. The SMILES string of the molecule is O=C(c1cc(=O)[nH]c(=O)[nH]1)N1CCN(c2nc3ccccc3s2)CC1. The van der Waals surface area contributed by atoms with Crippen LogP contribution in [0.2, 0.25) is 0 Å². The number of amides is 1. The summed E-state index contributed by atoms with van der Waals surface area (Å²) in [6.45, 7) is 2.31. The van der Waals surface area contributed by atoms with E-state index in [9.17, 15) is 14.4 Å². The molecular formula is C16H15N5O3S. The largest absolute Gasteiger partial charge is 0.345 e. The highest BCUT2D eigenvalue weighted by Gasteiger charge is 2.24. The zero-order valence-electron chi connectivity index (χ0n) is 13.2. The molecule has 0 spiro atoms. The summed E-state index contributed by atoms with van der Waals surface area (Å²) in [6, 6.07) is 9.09. The third-order valence-electron chi connectivity index (χ3n) is 4.11.